The van der Waals surface area contributed by atoms with E-state index in [1.807, 2.05) is 0 Å². The first-order chi connectivity index (χ1) is 9.49. The van der Waals surface area contributed by atoms with Gasteiger partial charge in [-0.2, -0.15) is 0 Å². The highest BCUT2D eigenvalue weighted by molar-refractivity contribution is 5.89. The number of carbonyl (C=O) groups is 1. The van der Waals surface area contributed by atoms with Crippen molar-refractivity contribution in [3.63, 3.8) is 0 Å². The molecule has 1 unspecified atom stereocenters. The fourth-order valence-corrected chi connectivity index (χ4v) is 2.59. The summed E-state index contributed by atoms with van der Waals surface area (Å²) in [4.78, 5) is 30.3. The molecule has 1 aromatic rings. The Kier molecular flexibility index (Phi) is 4.16. The van der Waals surface area contributed by atoms with Gasteiger partial charge < -0.3 is 9.94 Å². The molecule has 0 amide bonds. The van der Waals surface area contributed by atoms with Gasteiger partial charge >= 0.3 is 5.97 Å². The predicted octanol–water partition coefficient (Wildman–Crippen LogP) is 2.11. The number of pyridine rings is 1. The van der Waals surface area contributed by atoms with Gasteiger partial charge in [0.25, 0.3) is 5.09 Å². The topological polar surface area (TPSA) is 103 Å². The minimum atomic E-state index is -1.000. The lowest BCUT2D eigenvalue weighted by Gasteiger charge is -2.17. The molecule has 7 heteroatoms. The standard InChI is InChI=1S/C13H16N2O5/c1-8-11(13(16)17)6-9-4-2-3-5-10(12(9)14-8)7-20-15(18)19/h6,10H,2-5,7H2,1H3,(H,16,17). The van der Waals surface area contributed by atoms with E-state index in [-0.39, 0.29) is 18.1 Å². The van der Waals surface area contributed by atoms with Crippen LogP contribution in [0.4, 0.5) is 0 Å². The summed E-state index contributed by atoms with van der Waals surface area (Å²) in [6.45, 7) is 1.61. The summed E-state index contributed by atoms with van der Waals surface area (Å²) in [5.41, 5.74) is 2.23. The van der Waals surface area contributed by atoms with Gasteiger partial charge in [-0.25, -0.2) is 4.79 Å². The Balaban J connectivity index is 2.35. The number of hydrogen-bond acceptors (Lipinski definition) is 5. The maximum Gasteiger partial charge on any atom is 0.337 e. The molecule has 0 fully saturated rings. The Hall–Kier alpha value is -2.18. The van der Waals surface area contributed by atoms with E-state index in [0.717, 1.165) is 36.9 Å². The third-order valence-electron chi connectivity index (χ3n) is 3.57. The molecule has 1 heterocycles. The molecular weight excluding hydrogens is 264 g/mol. The second-order valence-electron chi connectivity index (χ2n) is 4.93. The van der Waals surface area contributed by atoms with Crippen molar-refractivity contribution in [1.29, 1.82) is 0 Å². The SMILES string of the molecule is Cc1nc2c(cc1C(=O)O)CCCCC2CO[N+](=O)[O-]. The molecule has 0 aromatic carbocycles. The molecule has 1 aliphatic rings. The number of fused-ring (bicyclic) bond motifs is 1. The number of aromatic carboxylic acids is 1. The third-order valence-corrected chi connectivity index (χ3v) is 3.57. The van der Waals surface area contributed by atoms with Crippen molar-refractivity contribution in [2.75, 3.05) is 6.61 Å². The van der Waals surface area contributed by atoms with Crippen LogP contribution in [0.25, 0.3) is 0 Å². The molecule has 2 rings (SSSR count). The first kappa shape index (κ1) is 14.2. The van der Waals surface area contributed by atoms with E-state index in [0.29, 0.717) is 5.69 Å². The van der Waals surface area contributed by atoms with E-state index in [4.69, 9.17) is 5.11 Å². The van der Waals surface area contributed by atoms with Crippen molar-refractivity contribution >= 4 is 5.97 Å². The highest BCUT2D eigenvalue weighted by atomic mass is 16.9. The fraction of sp³-hybridized carbons (Fsp3) is 0.538. The second kappa shape index (κ2) is 5.85. The zero-order chi connectivity index (χ0) is 14.7. The van der Waals surface area contributed by atoms with Crippen molar-refractivity contribution in [3.05, 3.63) is 38.7 Å². The van der Waals surface area contributed by atoms with Crippen LogP contribution in [-0.2, 0) is 11.3 Å². The third kappa shape index (κ3) is 3.04. The highest BCUT2D eigenvalue weighted by Gasteiger charge is 2.24. The molecule has 0 radical (unpaired) electrons. The summed E-state index contributed by atoms with van der Waals surface area (Å²) < 4.78 is 0. The number of rotatable bonds is 4. The van der Waals surface area contributed by atoms with Crippen LogP contribution in [0.2, 0.25) is 0 Å². The van der Waals surface area contributed by atoms with Crippen LogP contribution in [0.1, 0.15) is 52.5 Å². The van der Waals surface area contributed by atoms with Crippen LogP contribution in [-0.4, -0.2) is 27.8 Å². The summed E-state index contributed by atoms with van der Waals surface area (Å²) in [6, 6.07) is 1.64. The molecule has 0 bridgehead atoms. The van der Waals surface area contributed by atoms with Gasteiger partial charge in [-0.3, -0.25) is 4.98 Å². The Morgan fingerprint density at radius 2 is 2.35 bits per heavy atom. The van der Waals surface area contributed by atoms with Crippen LogP contribution < -0.4 is 0 Å². The number of carboxylic acids is 1. The molecule has 1 atom stereocenters. The summed E-state index contributed by atoms with van der Waals surface area (Å²) in [6.07, 6.45) is 3.35. The zero-order valence-electron chi connectivity index (χ0n) is 11.2. The van der Waals surface area contributed by atoms with Gasteiger partial charge in [0.2, 0.25) is 0 Å². The first-order valence-electron chi connectivity index (χ1n) is 6.50. The van der Waals surface area contributed by atoms with E-state index < -0.39 is 11.1 Å². The Morgan fingerprint density at radius 3 is 3.00 bits per heavy atom. The largest absolute Gasteiger partial charge is 0.478 e. The average molecular weight is 280 g/mol. The van der Waals surface area contributed by atoms with Gasteiger partial charge in [-0.1, -0.05) is 6.42 Å². The number of aromatic nitrogens is 1. The van der Waals surface area contributed by atoms with E-state index in [1.54, 1.807) is 13.0 Å². The Bertz CT molecular complexity index is 544. The summed E-state index contributed by atoms with van der Waals surface area (Å²) in [7, 11) is 0. The van der Waals surface area contributed by atoms with Crippen LogP contribution in [0.5, 0.6) is 0 Å². The second-order valence-corrected chi connectivity index (χ2v) is 4.93. The van der Waals surface area contributed by atoms with Crippen LogP contribution >= 0.6 is 0 Å². The molecular formula is C13H16N2O5. The maximum absolute atomic E-state index is 11.1. The molecule has 0 saturated heterocycles. The minimum Gasteiger partial charge on any atom is -0.478 e. The Morgan fingerprint density at radius 1 is 1.60 bits per heavy atom. The molecule has 1 N–H and O–H groups in total. The van der Waals surface area contributed by atoms with Crippen molar-refractivity contribution in [2.24, 2.45) is 0 Å². The number of nitrogens with zero attached hydrogens (tertiary/aromatic N) is 2. The lowest BCUT2D eigenvalue weighted by atomic mass is 9.97. The Labute approximate surface area is 115 Å². The fourth-order valence-electron chi connectivity index (χ4n) is 2.59. The van der Waals surface area contributed by atoms with Crippen molar-refractivity contribution in [2.45, 2.75) is 38.5 Å². The van der Waals surface area contributed by atoms with Gasteiger partial charge in [0.05, 0.1) is 11.3 Å². The van der Waals surface area contributed by atoms with Crippen LogP contribution in [0.3, 0.4) is 0 Å². The maximum atomic E-state index is 11.1. The normalized spacial score (nSPS) is 17.9. The van der Waals surface area contributed by atoms with Gasteiger partial charge in [0, 0.05) is 11.6 Å². The lowest BCUT2D eigenvalue weighted by molar-refractivity contribution is -0.758. The molecule has 0 aliphatic heterocycles. The van der Waals surface area contributed by atoms with E-state index in [9.17, 15) is 14.9 Å². The van der Waals surface area contributed by atoms with Gasteiger partial charge in [-0.15, -0.1) is 10.1 Å². The molecule has 1 aromatic heterocycles. The molecule has 108 valence electrons. The zero-order valence-corrected chi connectivity index (χ0v) is 11.2. The van der Waals surface area contributed by atoms with Gasteiger partial charge in [0.1, 0.15) is 6.61 Å². The number of aryl methyl sites for hydroxylation is 2. The van der Waals surface area contributed by atoms with Gasteiger partial charge in [0.15, 0.2) is 0 Å². The minimum absolute atomic E-state index is 0.0289. The van der Waals surface area contributed by atoms with E-state index >= 15 is 0 Å². The highest BCUT2D eigenvalue weighted by Crippen LogP contribution is 2.30. The summed E-state index contributed by atoms with van der Waals surface area (Å²) in [5.74, 6) is -1.15. The molecule has 1 aliphatic carbocycles. The van der Waals surface area contributed by atoms with Crippen molar-refractivity contribution < 1.29 is 19.8 Å². The number of hydrogen-bond donors (Lipinski definition) is 1. The average Bonchev–Trinajstić information content (AvgIpc) is 2.57. The molecule has 0 spiro atoms. The van der Waals surface area contributed by atoms with Crippen molar-refractivity contribution in [3.8, 4) is 0 Å². The first-order valence-corrected chi connectivity index (χ1v) is 6.50. The number of carboxylic acid groups (broad SMARTS) is 1. The quantitative estimate of drug-likeness (QED) is 0.514. The van der Waals surface area contributed by atoms with Crippen molar-refractivity contribution in [1.82, 2.24) is 4.98 Å². The lowest BCUT2D eigenvalue weighted by Crippen LogP contribution is -2.15. The molecule has 0 saturated carbocycles. The van der Waals surface area contributed by atoms with E-state index in [2.05, 4.69) is 9.82 Å². The monoisotopic (exact) mass is 280 g/mol. The smallest absolute Gasteiger partial charge is 0.337 e. The van der Waals surface area contributed by atoms with Gasteiger partial charge in [-0.05, 0) is 37.8 Å². The van der Waals surface area contributed by atoms with Crippen LogP contribution in [0, 0.1) is 17.0 Å². The molecule has 20 heavy (non-hydrogen) atoms. The summed E-state index contributed by atoms with van der Waals surface area (Å²) in [5, 5.41) is 18.7. The summed E-state index contributed by atoms with van der Waals surface area (Å²) >= 11 is 0. The predicted molar refractivity (Wildman–Crippen MR) is 69.2 cm³/mol. The van der Waals surface area contributed by atoms with Crippen LogP contribution in [0.15, 0.2) is 6.07 Å². The van der Waals surface area contributed by atoms with E-state index in [1.165, 1.54) is 0 Å². The molecule has 7 nitrogen and oxygen atoms in total.